The molecule has 0 spiro atoms. The third-order valence-electron chi connectivity index (χ3n) is 6.41. The third-order valence-corrected chi connectivity index (χ3v) is 11.9. The average Bonchev–Trinajstić information content (AvgIpc) is 3.38. The molecule has 0 aliphatic heterocycles. The summed E-state index contributed by atoms with van der Waals surface area (Å²) in [6.07, 6.45) is 5.49. The molecule has 4 aromatic carbocycles. The van der Waals surface area contributed by atoms with Gasteiger partial charge in [-0.25, -0.2) is 0 Å². The zero-order valence-electron chi connectivity index (χ0n) is 17.9. The molecule has 1 nitrogen and oxygen atoms in total. The van der Waals surface area contributed by atoms with Crippen LogP contribution in [0.15, 0.2) is 121 Å². The van der Waals surface area contributed by atoms with Crippen molar-refractivity contribution in [2.24, 2.45) is 0 Å². The van der Waals surface area contributed by atoms with Gasteiger partial charge < -0.3 is 5.11 Å². The molecule has 0 bridgehead atoms. The molecule has 0 radical (unpaired) electrons. The first-order valence-corrected chi connectivity index (χ1v) is 13.3. The van der Waals surface area contributed by atoms with Gasteiger partial charge in [0, 0.05) is 0 Å². The van der Waals surface area contributed by atoms with Gasteiger partial charge in [-0.2, -0.15) is 0 Å². The molecule has 4 aromatic rings. The molecule has 1 N–H and O–H groups in total. The summed E-state index contributed by atoms with van der Waals surface area (Å²) < 4.78 is 0. The van der Waals surface area contributed by atoms with Crippen LogP contribution < -0.4 is 15.9 Å². The van der Waals surface area contributed by atoms with E-state index in [0.29, 0.717) is 5.75 Å². The van der Waals surface area contributed by atoms with E-state index in [1.807, 2.05) is 6.07 Å². The van der Waals surface area contributed by atoms with E-state index in [-0.39, 0.29) is 0 Å². The summed E-state index contributed by atoms with van der Waals surface area (Å²) in [7, 11) is -1.99. The summed E-state index contributed by atoms with van der Waals surface area (Å²) in [5.41, 5.74) is 0.796. The fourth-order valence-corrected chi connectivity index (χ4v) is 10.9. The second kappa shape index (κ2) is 10.4. The van der Waals surface area contributed by atoms with Gasteiger partial charge in [0.25, 0.3) is 0 Å². The van der Waals surface area contributed by atoms with Gasteiger partial charge in [0.15, 0.2) is 0 Å². The average molecular weight is 427 g/mol. The number of phenolic OH excluding ortho intramolecular Hbond substituents is 1. The molecule has 0 atom stereocenters. The predicted octanol–water partition coefficient (Wildman–Crippen LogP) is 6.05. The molecule has 31 heavy (non-hydrogen) atoms. The molecule has 1 aliphatic carbocycles. The van der Waals surface area contributed by atoms with Crippen molar-refractivity contribution in [3.63, 3.8) is 0 Å². The molecule has 1 fully saturated rings. The van der Waals surface area contributed by atoms with E-state index in [1.54, 1.807) is 40.2 Å². The number of para-hydroxylation sites is 1. The molecule has 0 aromatic heterocycles. The van der Waals surface area contributed by atoms with Gasteiger partial charge >= 0.3 is 146 Å². The van der Waals surface area contributed by atoms with Crippen LogP contribution in [-0.4, -0.2) is 10.8 Å². The van der Waals surface area contributed by atoms with Crippen molar-refractivity contribution in [2.45, 2.75) is 31.3 Å². The van der Waals surface area contributed by atoms with Crippen molar-refractivity contribution in [3.05, 3.63) is 121 Å². The number of benzene rings is 4. The van der Waals surface area contributed by atoms with E-state index in [9.17, 15) is 0 Å². The van der Waals surface area contributed by atoms with Gasteiger partial charge in [0.2, 0.25) is 0 Å². The Labute approximate surface area is 186 Å². The Morgan fingerprint density at radius 2 is 0.806 bits per heavy atom. The van der Waals surface area contributed by atoms with E-state index in [2.05, 4.69) is 91.0 Å². The summed E-state index contributed by atoms with van der Waals surface area (Å²) in [6.45, 7) is 0. The van der Waals surface area contributed by atoms with E-state index in [4.69, 9.17) is 5.11 Å². The minimum atomic E-state index is -1.99. The van der Waals surface area contributed by atoms with E-state index in [0.717, 1.165) is 5.66 Å². The molecule has 0 heterocycles. The molecule has 2 heteroatoms. The van der Waals surface area contributed by atoms with Gasteiger partial charge in [-0.1, -0.05) is 18.2 Å². The van der Waals surface area contributed by atoms with Crippen molar-refractivity contribution < 1.29 is 5.11 Å². The fourth-order valence-electron chi connectivity index (χ4n) is 5.10. The first-order valence-electron chi connectivity index (χ1n) is 11.2. The summed E-state index contributed by atoms with van der Waals surface area (Å²) >= 11 is 0. The molecular formula is C29H31OP. The summed E-state index contributed by atoms with van der Waals surface area (Å²) in [5, 5.41) is 13.3. The van der Waals surface area contributed by atoms with Crippen LogP contribution in [0.1, 0.15) is 25.7 Å². The Balaban J connectivity index is 0.000000282. The topological polar surface area (TPSA) is 20.2 Å². The third kappa shape index (κ3) is 4.73. The molecule has 0 unspecified atom stereocenters. The van der Waals surface area contributed by atoms with Gasteiger partial charge in [0.05, 0.1) is 0 Å². The first-order chi connectivity index (χ1) is 15.3. The second-order valence-corrected chi connectivity index (χ2v) is 12.4. The van der Waals surface area contributed by atoms with E-state index in [1.165, 1.54) is 25.7 Å². The Kier molecular flexibility index (Phi) is 7.18. The number of phenols is 1. The van der Waals surface area contributed by atoms with Crippen LogP contribution in [-0.2, 0) is 0 Å². The van der Waals surface area contributed by atoms with Crippen LogP contribution in [0, 0.1) is 0 Å². The summed E-state index contributed by atoms with van der Waals surface area (Å²) in [4.78, 5) is 0. The fraction of sp³-hybridized carbons (Fsp3) is 0.172. The second-order valence-electron chi connectivity index (χ2n) is 8.22. The normalized spacial score (nSPS) is 14.5. The van der Waals surface area contributed by atoms with Crippen LogP contribution in [0.4, 0.5) is 0 Å². The van der Waals surface area contributed by atoms with Crippen LogP contribution in [0.2, 0.25) is 0 Å². The zero-order chi connectivity index (χ0) is 21.4. The maximum atomic E-state index is 8.63. The van der Waals surface area contributed by atoms with Crippen molar-refractivity contribution in [1.82, 2.24) is 0 Å². The van der Waals surface area contributed by atoms with Crippen molar-refractivity contribution in [3.8, 4) is 5.75 Å². The molecule has 1 aliphatic rings. The first kappa shape index (κ1) is 21.3. The number of rotatable bonds is 4. The van der Waals surface area contributed by atoms with Crippen LogP contribution >= 0.6 is 7.26 Å². The van der Waals surface area contributed by atoms with Crippen LogP contribution in [0.3, 0.4) is 0 Å². The zero-order valence-corrected chi connectivity index (χ0v) is 18.9. The number of hydrogen-bond donors (Lipinski definition) is 1. The monoisotopic (exact) mass is 426 g/mol. The SMILES string of the molecule is Oc1ccccc1.c1ccc([PH](c2ccccc2)(c2ccccc2)C2CCCC2)cc1. The Morgan fingerprint density at radius 3 is 1.10 bits per heavy atom. The van der Waals surface area contributed by atoms with Crippen molar-refractivity contribution in [1.29, 1.82) is 0 Å². The maximum absolute atomic E-state index is 8.63. The van der Waals surface area contributed by atoms with Crippen LogP contribution in [0.25, 0.3) is 0 Å². The Bertz CT molecular complexity index is 930. The predicted molar refractivity (Wildman–Crippen MR) is 137 cm³/mol. The van der Waals surface area contributed by atoms with E-state index >= 15 is 0 Å². The van der Waals surface area contributed by atoms with Crippen LogP contribution in [0.5, 0.6) is 5.75 Å². The van der Waals surface area contributed by atoms with Gasteiger partial charge in [-0.05, 0) is 12.1 Å². The van der Waals surface area contributed by atoms with E-state index < -0.39 is 7.26 Å². The van der Waals surface area contributed by atoms with Gasteiger partial charge in [-0.3, -0.25) is 0 Å². The molecule has 5 rings (SSSR count). The molecule has 1 saturated carbocycles. The van der Waals surface area contributed by atoms with Crippen molar-refractivity contribution in [2.75, 3.05) is 0 Å². The van der Waals surface area contributed by atoms with Gasteiger partial charge in [0.1, 0.15) is 5.75 Å². The minimum absolute atomic E-state index is 0.322. The Hall–Kier alpha value is -2.89. The number of aromatic hydroxyl groups is 1. The van der Waals surface area contributed by atoms with Gasteiger partial charge in [-0.15, -0.1) is 0 Å². The summed E-state index contributed by atoms with van der Waals surface area (Å²) in [5.74, 6) is 0.322. The van der Waals surface area contributed by atoms with Crippen molar-refractivity contribution >= 4 is 23.2 Å². The standard InChI is InChI=1S/C23H25P.C6H6O/c1-4-12-20(13-5-1)24(23-18-10-11-19-23,21-14-6-2-7-15-21)22-16-8-3-9-17-22;7-6-4-2-1-3-5-6/h1-9,12-17,23-24H,10-11,18-19H2;1-5,7H. The molecule has 0 saturated heterocycles. The summed E-state index contributed by atoms with van der Waals surface area (Å²) in [6, 6.07) is 42.7. The Morgan fingerprint density at radius 1 is 0.484 bits per heavy atom. The molecule has 158 valence electrons. The molecular weight excluding hydrogens is 395 g/mol. The quantitative estimate of drug-likeness (QED) is 0.394. The molecule has 0 amide bonds. The number of hydrogen-bond acceptors (Lipinski definition) is 1.